The van der Waals surface area contributed by atoms with E-state index in [2.05, 4.69) is 4.72 Å². The number of hydrogen-bond donors (Lipinski definition) is 1. The van der Waals surface area contributed by atoms with Crippen molar-refractivity contribution in [2.24, 2.45) is 0 Å². The molecular formula is C12H15NO2S. The molecule has 0 atom stereocenters. The molecular weight excluding hydrogens is 222 g/mol. The van der Waals surface area contributed by atoms with Gasteiger partial charge in [0.1, 0.15) is 6.29 Å². The number of nitrogens with one attached hydrogen (secondary N) is 1. The molecule has 0 aliphatic carbocycles. The van der Waals surface area contributed by atoms with Crippen LogP contribution in [0.1, 0.15) is 31.1 Å². The van der Waals surface area contributed by atoms with E-state index in [1.54, 1.807) is 26.0 Å². The van der Waals surface area contributed by atoms with Crippen LogP contribution in [0.2, 0.25) is 0 Å². The van der Waals surface area contributed by atoms with E-state index in [9.17, 15) is 9.59 Å². The second-order valence-corrected chi connectivity index (χ2v) is 5.00. The zero-order chi connectivity index (χ0) is 12.2. The Morgan fingerprint density at radius 3 is 2.31 bits per heavy atom. The van der Waals surface area contributed by atoms with Gasteiger partial charge in [0, 0.05) is 10.5 Å². The van der Waals surface area contributed by atoms with Crippen LogP contribution in [0.15, 0.2) is 29.2 Å². The van der Waals surface area contributed by atoms with E-state index < -0.39 is 5.54 Å². The highest BCUT2D eigenvalue weighted by molar-refractivity contribution is 7.97. The maximum absolute atomic E-state index is 11.1. The van der Waals surface area contributed by atoms with Crippen LogP contribution in [-0.2, 0) is 4.79 Å². The van der Waals surface area contributed by atoms with Gasteiger partial charge in [-0.2, -0.15) is 0 Å². The molecule has 3 nitrogen and oxygen atoms in total. The maximum Gasteiger partial charge on any atom is 0.159 e. The molecule has 1 aromatic rings. The number of ketones is 1. The summed E-state index contributed by atoms with van der Waals surface area (Å²) < 4.78 is 3.04. The Morgan fingerprint density at radius 1 is 1.31 bits per heavy atom. The molecule has 0 radical (unpaired) electrons. The van der Waals surface area contributed by atoms with Crippen LogP contribution in [0.3, 0.4) is 0 Å². The Labute approximate surface area is 99.8 Å². The molecule has 0 heterocycles. The number of rotatable bonds is 5. The second-order valence-electron chi connectivity index (χ2n) is 4.12. The molecule has 86 valence electrons. The first kappa shape index (κ1) is 12.9. The number of Topliss-reactive ketones (excluding diaryl/α,β-unsaturated/α-hetero) is 1. The highest BCUT2D eigenvalue weighted by atomic mass is 32.2. The fourth-order valence-corrected chi connectivity index (χ4v) is 1.67. The first-order valence-corrected chi connectivity index (χ1v) is 5.77. The Morgan fingerprint density at radius 2 is 1.88 bits per heavy atom. The Bertz CT molecular complexity index is 385. The normalized spacial score (nSPS) is 11.2. The lowest BCUT2D eigenvalue weighted by molar-refractivity contribution is -0.111. The first-order valence-electron chi connectivity index (χ1n) is 4.96. The quantitative estimate of drug-likeness (QED) is 0.485. The minimum absolute atomic E-state index is 0.0535. The summed E-state index contributed by atoms with van der Waals surface area (Å²) in [4.78, 5) is 22.7. The third-order valence-electron chi connectivity index (χ3n) is 1.99. The van der Waals surface area contributed by atoms with Crippen molar-refractivity contribution in [3.63, 3.8) is 0 Å². The minimum atomic E-state index is -0.552. The van der Waals surface area contributed by atoms with Gasteiger partial charge in [0.2, 0.25) is 0 Å². The van der Waals surface area contributed by atoms with E-state index >= 15 is 0 Å². The van der Waals surface area contributed by atoms with Gasteiger partial charge in [-0.1, -0.05) is 12.1 Å². The Kier molecular flexibility index (Phi) is 4.26. The van der Waals surface area contributed by atoms with Crippen molar-refractivity contribution in [2.45, 2.75) is 31.2 Å². The first-order chi connectivity index (χ1) is 7.44. The highest BCUT2D eigenvalue weighted by Gasteiger charge is 2.15. The number of benzene rings is 1. The zero-order valence-corrected chi connectivity index (χ0v) is 10.4. The van der Waals surface area contributed by atoms with Crippen molar-refractivity contribution in [1.29, 1.82) is 0 Å². The van der Waals surface area contributed by atoms with Crippen LogP contribution in [-0.4, -0.2) is 17.6 Å². The van der Waals surface area contributed by atoms with Crippen molar-refractivity contribution >= 4 is 24.0 Å². The van der Waals surface area contributed by atoms with Gasteiger partial charge < -0.3 is 4.79 Å². The molecule has 16 heavy (non-hydrogen) atoms. The molecule has 0 amide bonds. The summed E-state index contributed by atoms with van der Waals surface area (Å²) in [5.74, 6) is 0.0535. The third-order valence-corrected chi connectivity index (χ3v) is 3.12. The van der Waals surface area contributed by atoms with E-state index in [0.717, 1.165) is 11.2 Å². The van der Waals surface area contributed by atoms with Crippen LogP contribution < -0.4 is 4.72 Å². The Hall–Kier alpha value is -1.13. The van der Waals surface area contributed by atoms with E-state index in [0.29, 0.717) is 5.56 Å². The van der Waals surface area contributed by atoms with Crippen LogP contribution in [0.5, 0.6) is 0 Å². The molecule has 0 spiro atoms. The van der Waals surface area contributed by atoms with Gasteiger partial charge in [-0.15, -0.1) is 0 Å². The van der Waals surface area contributed by atoms with Gasteiger partial charge in [-0.3, -0.25) is 4.79 Å². The molecule has 1 rings (SSSR count). The van der Waals surface area contributed by atoms with Crippen molar-refractivity contribution in [3.8, 4) is 0 Å². The summed E-state index contributed by atoms with van der Waals surface area (Å²) in [6.45, 7) is 5.14. The van der Waals surface area contributed by atoms with E-state index in [1.807, 2.05) is 12.1 Å². The molecule has 0 aliphatic rings. The molecule has 4 heteroatoms. The smallest absolute Gasteiger partial charge is 0.159 e. The largest absolute Gasteiger partial charge is 0.301 e. The zero-order valence-electron chi connectivity index (χ0n) is 9.61. The van der Waals surface area contributed by atoms with Crippen molar-refractivity contribution < 1.29 is 9.59 Å². The molecule has 0 unspecified atom stereocenters. The monoisotopic (exact) mass is 237 g/mol. The fourth-order valence-electron chi connectivity index (χ4n) is 0.972. The average molecular weight is 237 g/mol. The summed E-state index contributed by atoms with van der Waals surface area (Å²) in [7, 11) is 0. The lowest BCUT2D eigenvalue weighted by Gasteiger charge is -2.17. The van der Waals surface area contributed by atoms with Crippen LogP contribution >= 0.6 is 11.9 Å². The molecule has 0 bridgehead atoms. The van der Waals surface area contributed by atoms with Gasteiger partial charge >= 0.3 is 0 Å². The summed E-state index contributed by atoms with van der Waals surface area (Å²) in [6.07, 6.45) is 0.865. The summed E-state index contributed by atoms with van der Waals surface area (Å²) >= 11 is 1.38. The molecule has 0 saturated carbocycles. The van der Waals surface area contributed by atoms with E-state index in [1.165, 1.54) is 18.9 Å². The number of carbonyl (C=O) groups excluding carboxylic acids is 2. The van der Waals surface area contributed by atoms with Crippen LogP contribution in [0, 0.1) is 0 Å². The predicted molar refractivity (Wildman–Crippen MR) is 65.6 cm³/mol. The highest BCUT2D eigenvalue weighted by Crippen LogP contribution is 2.18. The number of aldehydes is 1. The maximum atomic E-state index is 11.1. The fraction of sp³-hybridized carbons (Fsp3) is 0.333. The van der Waals surface area contributed by atoms with Gasteiger partial charge in [-0.05, 0) is 44.9 Å². The topological polar surface area (TPSA) is 46.2 Å². The Balaban J connectivity index is 2.63. The van der Waals surface area contributed by atoms with Gasteiger partial charge in [0.25, 0.3) is 0 Å². The standard InChI is InChI=1S/C12H15NO2S/c1-9(15)10-4-6-11(7-5-10)16-13-12(2,3)8-14/h4-8,13H,1-3H3. The summed E-state index contributed by atoms with van der Waals surface area (Å²) in [5, 5.41) is 0. The molecule has 0 fully saturated rings. The van der Waals surface area contributed by atoms with Crippen molar-refractivity contribution in [2.75, 3.05) is 0 Å². The van der Waals surface area contributed by atoms with E-state index in [4.69, 9.17) is 0 Å². The SMILES string of the molecule is CC(=O)c1ccc(SNC(C)(C)C=O)cc1. The number of carbonyl (C=O) groups is 2. The molecule has 0 saturated heterocycles. The lowest BCUT2D eigenvalue weighted by atomic mass is 10.1. The van der Waals surface area contributed by atoms with Crippen molar-refractivity contribution in [3.05, 3.63) is 29.8 Å². The van der Waals surface area contributed by atoms with Gasteiger partial charge in [0.05, 0.1) is 5.54 Å². The summed E-state index contributed by atoms with van der Waals surface area (Å²) in [6, 6.07) is 7.27. The molecule has 0 aromatic heterocycles. The van der Waals surface area contributed by atoms with E-state index in [-0.39, 0.29) is 5.78 Å². The molecule has 1 aromatic carbocycles. The van der Waals surface area contributed by atoms with Gasteiger partial charge in [-0.25, -0.2) is 4.72 Å². The van der Waals surface area contributed by atoms with Crippen LogP contribution in [0.4, 0.5) is 0 Å². The summed E-state index contributed by atoms with van der Waals surface area (Å²) in [5.41, 5.74) is 0.142. The second kappa shape index (κ2) is 5.27. The minimum Gasteiger partial charge on any atom is -0.301 e. The lowest BCUT2D eigenvalue weighted by Crippen LogP contribution is -2.35. The third kappa shape index (κ3) is 3.79. The number of hydrogen-bond acceptors (Lipinski definition) is 4. The molecule has 1 N–H and O–H groups in total. The average Bonchev–Trinajstić information content (AvgIpc) is 2.27. The van der Waals surface area contributed by atoms with Crippen molar-refractivity contribution in [1.82, 2.24) is 4.72 Å². The predicted octanol–water partition coefficient (Wildman–Crippen LogP) is 2.46. The molecule has 0 aliphatic heterocycles. The van der Waals surface area contributed by atoms with Gasteiger partial charge in [0.15, 0.2) is 5.78 Å². The van der Waals surface area contributed by atoms with Crippen LogP contribution in [0.25, 0.3) is 0 Å².